The van der Waals surface area contributed by atoms with E-state index in [0.29, 0.717) is 29.5 Å². The summed E-state index contributed by atoms with van der Waals surface area (Å²) in [4.78, 5) is 17.0. The Bertz CT molecular complexity index is 832. The lowest BCUT2D eigenvalue weighted by atomic mass is 9.92. The number of hydrogen-bond donors (Lipinski definition) is 0. The van der Waals surface area contributed by atoms with E-state index in [2.05, 4.69) is 23.1 Å². The number of nitrogens with zero attached hydrogens (tertiary/aromatic N) is 2. The fourth-order valence-corrected chi connectivity index (χ4v) is 4.56. The molecule has 0 unspecified atom stereocenters. The van der Waals surface area contributed by atoms with Gasteiger partial charge in [-0.1, -0.05) is 41.9 Å². The van der Waals surface area contributed by atoms with Gasteiger partial charge in [0.2, 0.25) is 5.91 Å². The molecular weight excluding hydrogens is 410 g/mol. The lowest BCUT2D eigenvalue weighted by molar-refractivity contribution is -0.133. The van der Waals surface area contributed by atoms with Crippen molar-refractivity contribution in [3.05, 3.63) is 70.0 Å². The second-order valence-corrected chi connectivity index (χ2v) is 8.37. The number of benzene rings is 2. The molecular formula is C23H27Cl2FN2O. The molecule has 1 fully saturated rings. The average molecular weight is 437 g/mol. The topological polar surface area (TPSA) is 23.6 Å². The summed E-state index contributed by atoms with van der Waals surface area (Å²) in [7, 11) is 0. The highest BCUT2D eigenvalue weighted by Crippen LogP contribution is 2.27. The van der Waals surface area contributed by atoms with E-state index in [0.717, 1.165) is 45.4 Å². The molecule has 1 amide bonds. The molecule has 1 saturated heterocycles. The van der Waals surface area contributed by atoms with Crippen LogP contribution in [-0.4, -0.2) is 35.3 Å². The second-order valence-electron chi connectivity index (χ2n) is 7.96. The van der Waals surface area contributed by atoms with Crippen LogP contribution in [0.1, 0.15) is 36.0 Å². The Morgan fingerprint density at radius 3 is 2.48 bits per heavy atom. The van der Waals surface area contributed by atoms with E-state index in [9.17, 15) is 9.18 Å². The zero-order valence-corrected chi connectivity index (χ0v) is 18.0. The number of rotatable bonds is 4. The zero-order chi connectivity index (χ0) is 19.5. The van der Waals surface area contributed by atoms with Crippen LogP contribution in [0.15, 0.2) is 42.5 Å². The third kappa shape index (κ3) is 5.30. The van der Waals surface area contributed by atoms with Crippen molar-refractivity contribution in [3.8, 4) is 0 Å². The lowest BCUT2D eigenvalue weighted by Crippen LogP contribution is -2.39. The van der Waals surface area contributed by atoms with Crippen LogP contribution in [0.25, 0.3) is 0 Å². The van der Waals surface area contributed by atoms with Crippen molar-refractivity contribution >= 4 is 29.9 Å². The molecule has 2 aromatic rings. The first-order chi connectivity index (χ1) is 13.6. The van der Waals surface area contributed by atoms with Crippen LogP contribution in [0.5, 0.6) is 0 Å². The Morgan fingerprint density at radius 1 is 1.03 bits per heavy atom. The van der Waals surface area contributed by atoms with Crippen molar-refractivity contribution in [1.29, 1.82) is 0 Å². The summed E-state index contributed by atoms with van der Waals surface area (Å²) in [5.41, 5.74) is 3.22. The normalized spacial score (nSPS) is 17.5. The molecule has 2 aromatic carbocycles. The predicted octanol–water partition coefficient (Wildman–Crippen LogP) is 5.09. The van der Waals surface area contributed by atoms with E-state index >= 15 is 0 Å². The van der Waals surface area contributed by atoms with Crippen LogP contribution in [0.4, 0.5) is 4.39 Å². The van der Waals surface area contributed by atoms with Crippen LogP contribution >= 0.6 is 24.0 Å². The summed E-state index contributed by atoms with van der Waals surface area (Å²) in [5, 5.41) is 0.489. The molecule has 2 heterocycles. The first kappa shape index (κ1) is 22.1. The van der Waals surface area contributed by atoms with Gasteiger partial charge < -0.3 is 4.90 Å². The van der Waals surface area contributed by atoms with Crippen LogP contribution in [-0.2, 0) is 24.3 Å². The van der Waals surface area contributed by atoms with Crippen LogP contribution < -0.4 is 0 Å². The summed E-state index contributed by atoms with van der Waals surface area (Å²) in [6.07, 6.45) is 3.52. The Kier molecular flexibility index (Phi) is 7.55. The maximum absolute atomic E-state index is 14.0. The minimum absolute atomic E-state index is 0. The van der Waals surface area contributed by atoms with Gasteiger partial charge in [0.15, 0.2) is 0 Å². The fourth-order valence-electron chi connectivity index (χ4n) is 4.34. The van der Waals surface area contributed by atoms with Gasteiger partial charge in [0.05, 0.1) is 0 Å². The van der Waals surface area contributed by atoms with E-state index in [4.69, 9.17) is 11.6 Å². The number of carbonyl (C=O) groups excluding carboxylic acids is 1. The number of piperidine rings is 1. The molecule has 3 nitrogen and oxygen atoms in total. The summed E-state index contributed by atoms with van der Waals surface area (Å²) in [5.74, 6) is 0.442. The molecule has 4 rings (SSSR count). The first-order valence-electron chi connectivity index (χ1n) is 10.1. The minimum atomic E-state index is -0.241. The first-order valence-corrected chi connectivity index (χ1v) is 10.5. The van der Waals surface area contributed by atoms with E-state index in [1.165, 1.54) is 17.2 Å². The molecule has 29 heavy (non-hydrogen) atoms. The van der Waals surface area contributed by atoms with E-state index < -0.39 is 0 Å². The fraction of sp³-hybridized carbons (Fsp3) is 0.435. The molecule has 0 spiro atoms. The average Bonchev–Trinajstić information content (AvgIpc) is 2.71. The molecule has 0 saturated carbocycles. The van der Waals surface area contributed by atoms with Crippen molar-refractivity contribution < 1.29 is 9.18 Å². The molecule has 0 aliphatic carbocycles. The van der Waals surface area contributed by atoms with E-state index in [1.54, 1.807) is 12.1 Å². The predicted molar refractivity (Wildman–Crippen MR) is 117 cm³/mol. The van der Waals surface area contributed by atoms with Crippen molar-refractivity contribution in [2.45, 2.75) is 38.8 Å². The summed E-state index contributed by atoms with van der Waals surface area (Å²) in [6.45, 7) is 3.85. The van der Waals surface area contributed by atoms with Gasteiger partial charge >= 0.3 is 0 Å². The van der Waals surface area contributed by atoms with Crippen molar-refractivity contribution in [1.82, 2.24) is 9.80 Å². The molecule has 2 aliphatic heterocycles. The summed E-state index contributed by atoms with van der Waals surface area (Å²) >= 11 is 6.15. The molecule has 0 aromatic heterocycles. The summed E-state index contributed by atoms with van der Waals surface area (Å²) in [6, 6.07) is 13.2. The Hall–Kier alpha value is -1.62. The maximum Gasteiger partial charge on any atom is 0.223 e. The van der Waals surface area contributed by atoms with E-state index in [-0.39, 0.29) is 24.1 Å². The third-order valence-corrected chi connectivity index (χ3v) is 6.45. The number of likely N-dealkylation sites (tertiary alicyclic amines) is 1. The third-order valence-electron chi connectivity index (χ3n) is 6.10. The Labute approximate surface area is 183 Å². The van der Waals surface area contributed by atoms with Gasteiger partial charge in [-0.15, -0.1) is 12.4 Å². The SMILES string of the molecule is Cl.O=C(CC1CCN(Cc2c(F)cccc2Cl)CC1)N1CCc2ccccc2C1. The number of halogens is 3. The van der Waals surface area contributed by atoms with Gasteiger partial charge in [-0.25, -0.2) is 4.39 Å². The molecule has 0 atom stereocenters. The number of carbonyl (C=O) groups is 1. The van der Waals surface area contributed by atoms with Gasteiger partial charge in [0.1, 0.15) is 5.82 Å². The lowest BCUT2D eigenvalue weighted by Gasteiger charge is -2.34. The molecule has 156 valence electrons. The molecule has 0 radical (unpaired) electrons. The largest absolute Gasteiger partial charge is 0.338 e. The maximum atomic E-state index is 14.0. The molecule has 0 N–H and O–H groups in total. The number of fused-ring (bicyclic) bond motifs is 1. The molecule has 6 heteroatoms. The highest BCUT2D eigenvalue weighted by molar-refractivity contribution is 6.31. The van der Waals surface area contributed by atoms with Gasteiger partial charge in [-0.2, -0.15) is 0 Å². The van der Waals surface area contributed by atoms with Crippen LogP contribution in [0.3, 0.4) is 0 Å². The van der Waals surface area contributed by atoms with Crippen LogP contribution in [0, 0.1) is 11.7 Å². The van der Waals surface area contributed by atoms with Gasteiger partial charge in [-0.3, -0.25) is 9.69 Å². The molecule has 0 bridgehead atoms. The quantitative estimate of drug-likeness (QED) is 0.666. The van der Waals surface area contributed by atoms with Gasteiger partial charge in [-0.05, 0) is 61.5 Å². The monoisotopic (exact) mass is 436 g/mol. The van der Waals surface area contributed by atoms with Crippen molar-refractivity contribution in [2.24, 2.45) is 5.92 Å². The van der Waals surface area contributed by atoms with Crippen molar-refractivity contribution in [3.63, 3.8) is 0 Å². The summed E-state index contributed by atoms with van der Waals surface area (Å²) < 4.78 is 14.0. The Morgan fingerprint density at radius 2 is 1.76 bits per heavy atom. The van der Waals surface area contributed by atoms with E-state index in [1.807, 2.05) is 11.0 Å². The highest BCUT2D eigenvalue weighted by atomic mass is 35.5. The zero-order valence-electron chi connectivity index (χ0n) is 16.4. The minimum Gasteiger partial charge on any atom is -0.338 e. The Balaban J connectivity index is 0.00000240. The van der Waals surface area contributed by atoms with Crippen LogP contribution in [0.2, 0.25) is 5.02 Å². The molecule has 2 aliphatic rings. The number of amides is 1. The second kappa shape index (κ2) is 9.92. The highest BCUT2D eigenvalue weighted by Gasteiger charge is 2.26. The number of hydrogen-bond acceptors (Lipinski definition) is 2. The van der Waals surface area contributed by atoms with Gasteiger partial charge in [0.25, 0.3) is 0 Å². The van der Waals surface area contributed by atoms with Crippen molar-refractivity contribution in [2.75, 3.05) is 19.6 Å². The van der Waals surface area contributed by atoms with Gasteiger partial charge in [0, 0.05) is 36.6 Å². The standard InChI is InChI=1S/C23H26ClFN2O.ClH/c24-21-6-3-7-22(25)20(21)16-26-11-8-17(9-12-26)14-23(28)27-13-10-18-4-1-2-5-19(18)15-27;/h1-7,17H,8-16H2;1H. The smallest absolute Gasteiger partial charge is 0.223 e.